The van der Waals surface area contributed by atoms with E-state index in [0.717, 1.165) is 32.4 Å². The lowest BCUT2D eigenvalue weighted by Gasteiger charge is -2.26. The van der Waals surface area contributed by atoms with Crippen molar-refractivity contribution in [2.75, 3.05) is 19.7 Å². The van der Waals surface area contributed by atoms with Crippen molar-refractivity contribution >= 4 is 5.91 Å². The maximum Gasteiger partial charge on any atom is 0.272 e. The predicted molar refractivity (Wildman–Crippen MR) is 81.7 cm³/mol. The number of aromatic nitrogens is 1. The minimum absolute atomic E-state index is 0.000410. The van der Waals surface area contributed by atoms with Crippen LogP contribution in [0.5, 0.6) is 0 Å². The first-order valence-corrected chi connectivity index (χ1v) is 7.49. The third-order valence-corrected chi connectivity index (χ3v) is 4.52. The molecule has 2 rings (SSSR count). The normalized spacial score (nSPS) is 16.4. The van der Waals surface area contributed by atoms with E-state index in [2.05, 4.69) is 30.7 Å². The topological polar surface area (TPSA) is 53.4 Å². The van der Waals surface area contributed by atoms with E-state index in [1.165, 1.54) is 0 Å². The zero-order valence-corrected chi connectivity index (χ0v) is 12.7. The first-order valence-electron chi connectivity index (χ1n) is 7.49. The van der Waals surface area contributed by atoms with Crippen molar-refractivity contribution in [1.82, 2.24) is 9.88 Å². The predicted octanol–water partition coefficient (Wildman–Crippen LogP) is 2.08. The summed E-state index contributed by atoms with van der Waals surface area (Å²) < 4.78 is 0. The number of hydrogen-bond donors (Lipinski definition) is 1. The number of aliphatic hydroxyl groups excluding tert-OH is 1. The first kappa shape index (κ1) is 15.5. The maximum absolute atomic E-state index is 12.5. The average molecular weight is 286 g/mol. The van der Waals surface area contributed by atoms with Crippen molar-refractivity contribution in [3.05, 3.63) is 29.6 Å². The van der Waals surface area contributed by atoms with Gasteiger partial charge in [-0.3, -0.25) is 4.79 Å². The van der Waals surface area contributed by atoms with Crippen LogP contribution >= 0.6 is 0 Å². The van der Waals surface area contributed by atoms with Crippen LogP contribution in [0, 0.1) is 17.3 Å². The number of nitrogens with zero attached hydrogens (tertiary/aromatic N) is 2. The number of amides is 1. The van der Waals surface area contributed by atoms with E-state index in [1.54, 1.807) is 18.3 Å². The van der Waals surface area contributed by atoms with E-state index >= 15 is 0 Å². The molecule has 4 nitrogen and oxygen atoms in total. The largest absolute Gasteiger partial charge is 0.384 e. The average Bonchev–Trinajstić information content (AvgIpc) is 2.98. The number of carbonyl (C=O) groups excluding carboxylic acids is 1. The molecule has 0 aliphatic carbocycles. The fourth-order valence-electron chi connectivity index (χ4n) is 2.83. The molecule has 0 atom stereocenters. The fraction of sp³-hybridized carbons (Fsp3) is 0.529. The van der Waals surface area contributed by atoms with Gasteiger partial charge in [-0.25, -0.2) is 4.98 Å². The second-order valence-electron chi connectivity index (χ2n) is 5.58. The van der Waals surface area contributed by atoms with Crippen LogP contribution in [0.2, 0.25) is 0 Å². The molecule has 0 unspecified atom stereocenters. The Labute approximate surface area is 126 Å². The lowest BCUT2D eigenvalue weighted by Crippen LogP contribution is -2.32. The van der Waals surface area contributed by atoms with Crippen LogP contribution in [0.15, 0.2) is 18.3 Å². The molecule has 0 aromatic carbocycles. The number of rotatable bonds is 3. The molecular weight excluding hydrogens is 264 g/mol. The van der Waals surface area contributed by atoms with Crippen LogP contribution in [0.4, 0.5) is 0 Å². The summed E-state index contributed by atoms with van der Waals surface area (Å²) >= 11 is 0. The maximum atomic E-state index is 12.5. The Morgan fingerprint density at radius 3 is 2.71 bits per heavy atom. The molecule has 1 amide bonds. The zero-order chi connectivity index (χ0) is 15.3. The number of pyridine rings is 1. The van der Waals surface area contributed by atoms with Crippen molar-refractivity contribution < 1.29 is 9.90 Å². The lowest BCUT2D eigenvalue weighted by atomic mass is 9.82. The minimum Gasteiger partial charge on any atom is -0.384 e. The first-order chi connectivity index (χ1) is 10.1. The third-order valence-electron chi connectivity index (χ3n) is 4.52. The standard InChI is InChI=1S/C17H22N2O2/c1-3-17(4-2)9-10-19(13-17)16(21)15-8-7-14(12-18-15)6-5-11-20/h7-8,12,20H,3-4,9-11,13H2,1-2H3. The van der Waals surface area contributed by atoms with Crippen molar-refractivity contribution in [3.63, 3.8) is 0 Å². The van der Waals surface area contributed by atoms with Gasteiger partial charge in [-0.15, -0.1) is 0 Å². The Kier molecular flexibility index (Phi) is 4.98. The zero-order valence-electron chi connectivity index (χ0n) is 12.7. The van der Waals surface area contributed by atoms with E-state index in [1.807, 2.05) is 4.90 Å². The molecule has 0 radical (unpaired) electrons. The van der Waals surface area contributed by atoms with E-state index in [9.17, 15) is 4.79 Å². The summed E-state index contributed by atoms with van der Waals surface area (Å²) in [6.45, 7) is 5.86. The summed E-state index contributed by atoms with van der Waals surface area (Å²) in [6, 6.07) is 3.48. The molecule has 1 aliphatic rings. The van der Waals surface area contributed by atoms with Crippen LogP contribution < -0.4 is 0 Å². The van der Waals surface area contributed by atoms with Crippen molar-refractivity contribution in [2.24, 2.45) is 5.41 Å². The van der Waals surface area contributed by atoms with Gasteiger partial charge in [-0.1, -0.05) is 25.7 Å². The molecule has 0 bridgehead atoms. The van der Waals surface area contributed by atoms with Gasteiger partial charge >= 0.3 is 0 Å². The quantitative estimate of drug-likeness (QED) is 0.866. The number of carbonyl (C=O) groups is 1. The highest BCUT2D eigenvalue weighted by molar-refractivity contribution is 5.92. The van der Waals surface area contributed by atoms with Crippen LogP contribution in [0.1, 0.15) is 49.2 Å². The SMILES string of the molecule is CCC1(CC)CCN(C(=O)c2ccc(C#CCO)cn2)C1. The highest BCUT2D eigenvalue weighted by atomic mass is 16.2. The van der Waals surface area contributed by atoms with Crippen LogP contribution in [-0.2, 0) is 0 Å². The smallest absolute Gasteiger partial charge is 0.272 e. The van der Waals surface area contributed by atoms with Crippen LogP contribution in [-0.4, -0.2) is 40.6 Å². The summed E-state index contributed by atoms with van der Waals surface area (Å²) in [5, 5.41) is 8.65. The van der Waals surface area contributed by atoms with Crippen molar-refractivity contribution in [3.8, 4) is 11.8 Å². The van der Waals surface area contributed by atoms with Gasteiger partial charge < -0.3 is 10.0 Å². The van der Waals surface area contributed by atoms with Crippen LogP contribution in [0.25, 0.3) is 0 Å². The molecule has 1 aromatic heterocycles. The van der Waals surface area contributed by atoms with Gasteiger partial charge in [0.1, 0.15) is 12.3 Å². The molecule has 1 fully saturated rings. The van der Waals surface area contributed by atoms with E-state index in [4.69, 9.17) is 5.11 Å². The van der Waals surface area contributed by atoms with Gasteiger partial charge in [0.05, 0.1) is 0 Å². The molecule has 4 heteroatoms. The monoisotopic (exact) mass is 286 g/mol. The summed E-state index contributed by atoms with van der Waals surface area (Å²) in [6.07, 6.45) is 4.87. The molecule has 1 saturated heterocycles. The van der Waals surface area contributed by atoms with Gasteiger partial charge in [0, 0.05) is 24.8 Å². The number of aliphatic hydroxyl groups is 1. The Hall–Kier alpha value is -1.86. The van der Waals surface area contributed by atoms with Gasteiger partial charge in [0.2, 0.25) is 0 Å². The van der Waals surface area contributed by atoms with E-state index in [0.29, 0.717) is 11.3 Å². The van der Waals surface area contributed by atoms with Crippen molar-refractivity contribution in [2.45, 2.75) is 33.1 Å². The van der Waals surface area contributed by atoms with Crippen molar-refractivity contribution in [1.29, 1.82) is 0 Å². The Morgan fingerprint density at radius 1 is 1.43 bits per heavy atom. The number of hydrogen-bond acceptors (Lipinski definition) is 3. The highest BCUT2D eigenvalue weighted by Gasteiger charge is 2.37. The molecule has 0 spiro atoms. The molecule has 0 saturated carbocycles. The fourth-order valence-corrected chi connectivity index (χ4v) is 2.83. The summed E-state index contributed by atoms with van der Waals surface area (Å²) in [4.78, 5) is 18.6. The van der Waals surface area contributed by atoms with Gasteiger partial charge in [-0.05, 0) is 36.8 Å². The Morgan fingerprint density at radius 2 is 2.19 bits per heavy atom. The van der Waals surface area contributed by atoms with Gasteiger partial charge in [0.25, 0.3) is 5.91 Å². The summed E-state index contributed by atoms with van der Waals surface area (Å²) in [5.41, 5.74) is 1.45. The molecule has 1 aromatic rings. The van der Waals surface area contributed by atoms with Crippen LogP contribution in [0.3, 0.4) is 0 Å². The minimum atomic E-state index is -0.176. The third kappa shape index (κ3) is 3.43. The van der Waals surface area contributed by atoms with E-state index in [-0.39, 0.29) is 17.9 Å². The molecule has 1 aliphatic heterocycles. The Bertz CT molecular complexity index is 550. The van der Waals surface area contributed by atoms with Gasteiger partial charge in [0.15, 0.2) is 0 Å². The Balaban J connectivity index is 2.07. The molecule has 1 N–H and O–H groups in total. The molecule has 2 heterocycles. The molecule has 21 heavy (non-hydrogen) atoms. The number of likely N-dealkylation sites (tertiary alicyclic amines) is 1. The highest BCUT2D eigenvalue weighted by Crippen LogP contribution is 2.37. The molecular formula is C17H22N2O2. The van der Waals surface area contributed by atoms with E-state index < -0.39 is 0 Å². The second kappa shape index (κ2) is 6.73. The lowest BCUT2D eigenvalue weighted by molar-refractivity contribution is 0.0764. The summed E-state index contributed by atoms with van der Waals surface area (Å²) in [7, 11) is 0. The molecule has 112 valence electrons. The van der Waals surface area contributed by atoms with Gasteiger partial charge in [-0.2, -0.15) is 0 Å². The second-order valence-corrected chi connectivity index (χ2v) is 5.58. The summed E-state index contributed by atoms with van der Waals surface area (Å²) in [5.74, 6) is 5.34.